The van der Waals surface area contributed by atoms with Crippen LogP contribution >= 0.6 is 11.3 Å². The maximum Gasteiger partial charge on any atom is 0.227 e. The van der Waals surface area contributed by atoms with E-state index >= 15 is 0 Å². The Balaban J connectivity index is 1.21. The van der Waals surface area contributed by atoms with Crippen molar-refractivity contribution in [2.24, 2.45) is 7.05 Å². The van der Waals surface area contributed by atoms with Crippen molar-refractivity contribution in [3.05, 3.63) is 70.2 Å². The molecule has 6 nitrogen and oxygen atoms in total. The summed E-state index contributed by atoms with van der Waals surface area (Å²) in [6.45, 7) is 3.28. The highest BCUT2D eigenvalue weighted by atomic mass is 32.1. The van der Waals surface area contributed by atoms with Gasteiger partial charge in [0, 0.05) is 57.8 Å². The smallest absolute Gasteiger partial charge is 0.227 e. The first-order valence-corrected chi connectivity index (χ1v) is 11.7. The van der Waals surface area contributed by atoms with Crippen LogP contribution in [0.2, 0.25) is 0 Å². The first-order valence-electron chi connectivity index (χ1n) is 10.8. The molecule has 4 rings (SSSR count). The van der Waals surface area contributed by atoms with E-state index in [1.165, 1.54) is 11.1 Å². The van der Waals surface area contributed by atoms with E-state index in [2.05, 4.69) is 47.5 Å². The Morgan fingerprint density at radius 3 is 2.52 bits per heavy atom. The van der Waals surface area contributed by atoms with Crippen molar-refractivity contribution < 1.29 is 9.53 Å². The zero-order valence-corrected chi connectivity index (χ0v) is 19.1. The van der Waals surface area contributed by atoms with Gasteiger partial charge < -0.3 is 9.64 Å². The van der Waals surface area contributed by atoms with Crippen LogP contribution in [0.5, 0.6) is 5.75 Å². The van der Waals surface area contributed by atoms with Crippen LogP contribution in [0.15, 0.2) is 53.5 Å². The van der Waals surface area contributed by atoms with Gasteiger partial charge >= 0.3 is 0 Å². The Morgan fingerprint density at radius 1 is 1.13 bits per heavy atom. The van der Waals surface area contributed by atoms with Crippen molar-refractivity contribution in [1.82, 2.24) is 19.6 Å². The molecular weight excluding hydrogens is 408 g/mol. The molecule has 0 spiro atoms. The summed E-state index contributed by atoms with van der Waals surface area (Å²) in [6.07, 6.45) is 6.40. The van der Waals surface area contributed by atoms with Crippen LogP contribution in [0.25, 0.3) is 0 Å². The number of thiophene rings is 1. The maximum atomic E-state index is 12.5. The molecule has 0 saturated carbocycles. The number of likely N-dealkylation sites (tertiary alicyclic amines) is 1. The summed E-state index contributed by atoms with van der Waals surface area (Å²) >= 11 is 1.64. The molecule has 3 aromatic rings. The van der Waals surface area contributed by atoms with Gasteiger partial charge in [-0.25, -0.2) is 0 Å². The lowest BCUT2D eigenvalue weighted by atomic mass is 10.1. The molecule has 1 aliphatic heterocycles. The zero-order valence-electron chi connectivity index (χ0n) is 18.2. The number of carbonyl (C=O) groups is 1. The van der Waals surface area contributed by atoms with E-state index < -0.39 is 0 Å². The van der Waals surface area contributed by atoms with Crippen molar-refractivity contribution in [1.29, 1.82) is 0 Å². The fraction of sp³-hybridized carbons (Fsp3) is 0.417. The van der Waals surface area contributed by atoms with Crippen LogP contribution in [0, 0.1) is 0 Å². The molecule has 3 heterocycles. The van der Waals surface area contributed by atoms with E-state index in [1.807, 2.05) is 39.7 Å². The van der Waals surface area contributed by atoms with Gasteiger partial charge in [-0.15, -0.1) is 0 Å². The summed E-state index contributed by atoms with van der Waals surface area (Å²) in [5.74, 6) is 1.12. The number of rotatable bonds is 8. The topological polar surface area (TPSA) is 50.6 Å². The van der Waals surface area contributed by atoms with Crippen molar-refractivity contribution in [3.63, 3.8) is 0 Å². The summed E-state index contributed by atoms with van der Waals surface area (Å²) < 4.78 is 8.02. The molecule has 1 amide bonds. The first-order chi connectivity index (χ1) is 15.0. The van der Waals surface area contributed by atoms with Crippen LogP contribution in [-0.4, -0.2) is 51.7 Å². The molecule has 2 aromatic heterocycles. The molecule has 1 saturated heterocycles. The van der Waals surface area contributed by atoms with E-state index in [9.17, 15) is 4.79 Å². The van der Waals surface area contributed by atoms with Crippen LogP contribution in [0.1, 0.15) is 29.5 Å². The van der Waals surface area contributed by atoms with Crippen LogP contribution in [0.4, 0.5) is 0 Å². The van der Waals surface area contributed by atoms with Gasteiger partial charge in [0.1, 0.15) is 11.9 Å². The highest BCUT2D eigenvalue weighted by Gasteiger charge is 2.24. The molecule has 0 atom stereocenters. The van der Waals surface area contributed by atoms with E-state index in [4.69, 9.17) is 4.74 Å². The zero-order chi connectivity index (χ0) is 21.6. The molecule has 164 valence electrons. The van der Waals surface area contributed by atoms with E-state index in [1.54, 1.807) is 11.3 Å². The number of ether oxygens (including phenoxy) is 1. The monoisotopic (exact) mass is 438 g/mol. The average molecular weight is 439 g/mol. The predicted octanol–water partition coefficient (Wildman–Crippen LogP) is 3.73. The highest BCUT2D eigenvalue weighted by molar-refractivity contribution is 7.08. The Hall–Kier alpha value is -2.64. The maximum absolute atomic E-state index is 12.5. The summed E-state index contributed by atoms with van der Waals surface area (Å²) in [5, 5.41) is 8.30. The minimum atomic E-state index is 0.171. The molecular formula is C24H30N4O2S. The molecule has 7 heteroatoms. The van der Waals surface area contributed by atoms with Gasteiger partial charge in [0.05, 0.1) is 12.6 Å². The summed E-state index contributed by atoms with van der Waals surface area (Å²) in [6, 6.07) is 10.4. The lowest BCUT2D eigenvalue weighted by Crippen LogP contribution is -2.42. The summed E-state index contributed by atoms with van der Waals surface area (Å²) in [5.41, 5.74) is 3.58. The van der Waals surface area contributed by atoms with Gasteiger partial charge in [0.2, 0.25) is 5.91 Å². The molecule has 0 unspecified atom stereocenters. The number of carbonyl (C=O) groups excluding carboxylic acids is 1. The molecule has 0 bridgehead atoms. The quantitative estimate of drug-likeness (QED) is 0.538. The lowest BCUT2D eigenvalue weighted by molar-refractivity contribution is -0.132. The fourth-order valence-corrected chi connectivity index (χ4v) is 4.67. The Labute approximate surface area is 188 Å². The van der Waals surface area contributed by atoms with Gasteiger partial charge in [-0.05, 0) is 47.1 Å². The number of nitrogens with zero attached hydrogens (tertiary/aromatic N) is 4. The molecule has 1 aliphatic rings. The molecule has 1 fully saturated rings. The van der Waals surface area contributed by atoms with Gasteiger partial charge in [-0.2, -0.15) is 16.4 Å². The SMILES string of the molecule is CN(Cc1ccc(OC2CCN(C(=O)Cc3ccsc3)CC2)cc1)Cc1cnn(C)c1. The molecule has 0 radical (unpaired) electrons. The summed E-state index contributed by atoms with van der Waals surface area (Å²) in [4.78, 5) is 16.7. The highest BCUT2D eigenvalue weighted by Crippen LogP contribution is 2.21. The molecule has 0 aliphatic carbocycles. The van der Waals surface area contributed by atoms with Crippen LogP contribution in [-0.2, 0) is 31.4 Å². The van der Waals surface area contributed by atoms with Gasteiger partial charge in [-0.1, -0.05) is 12.1 Å². The van der Waals surface area contributed by atoms with Gasteiger partial charge in [0.25, 0.3) is 0 Å². The van der Waals surface area contributed by atoms with E-state index in [0.717, 1.165) is 50.3 Å². The number of benzene rings is 1. The summed E-state index contributed by atoms with van der Waals surface area (Å²) in [7, 11) is 4.06. The van der Waals surface area contributed by atoms with Gasteiger partial charge in [-0.3, -0.25) is 14.4 Å². The third kappa shape index (κ3) is 6.18. The number of amides is 1. The van der Waals surface area contributed by atoms with E-state index in [-0.39, 0.29) is 12.0 Å². The van der Waals surface area contributed by atoms with Crippen LogP contribution < -0.4 is 4.74 Å². The average Bonchev–Trinajstić information content (AvgIpc) is 3.41. The largest absolute Gasteiger partial charge is 0.490 e. The van der Waals surface area contributed by atoms with Crippen molar-refractivity contribution >= 4 is 17.2 Å². The van der Waals surface area contributed by atoms with Crippen molar-refractivity contribution in [2.45, 2.75) is 38.5 Å². The Kier molecular flexibility index (Phi) is 7.04. The lowest BCUT2D eigenvalue weighted by Gasteiger charge is -2.32. The second kappa shape index (κ2) is 10.1. The third-order valence-electron chi connectivity index (χ3n) is 5.62. The minimum absolute atomic E-state index is 0.171. The van der Waals surface area contributed by atoms with Crippen LogP contribution in [0.3, 0.4) is 0 Å². The third-order valence-corrected chi connectivity index (χ3v) is 6.35. The molecule has 1 aromatic carbocycles. The standard InChI is InChI=1S/C24H30N4O2S/c1-26(16-21-14-25-27(2)17-21)15-19-3-5-22(6-4-19)30-23-7-10-28(11-8-23)24(29)13-20-9-12-31-18-20/h3-6,9,12,14,17-18,23H,7-8,10-11,13,15-16H2,1-2H3. The second-order valence-corrected chi connectivity index (χ2v) is 9.12. The number of aromatic nitrogens is 2. The van der Waals surface area contributed by atoms with Crippen molar-refractivity contribution in [2.75, 3.05) is 20.1 Å². The minimum Gasteiger partial charge on any atom is -0.490 e. The molecule has 31 heavy (non-hydrogen) atoms. The van der Waals surface area contributed by atoms with Gasteiger partial charge in [0.15, 0.2) is 0 Å². The van der Waals surface area contributed by atoms with Crippen molar-refractivity contribution in [3.8, 4) is 5.75 Å². The normalized spacial score (nSPS) is 14.9. The Morgan fingerprint density at radius 2 is 1.87 bits per heavy atom. The Bertz CT molecular complexity index is 960. The number of hydrogen-bond donors (Lipinski definition) is 0. The van der Waals surface area contributed by atoms with E-state index in [0.29, 0.717) is 6.42 Å². The second-order valence-electron chi connectivity index (χ2n) is 8.34. The fourth-order valence-electron chi connectivity index (χ4n) is 4.00. The number of hydrogen-bond acceptors (Lipinski definition) is 5. The predicted molar refractivity (Wildman–Crippen MR) is 123 cm³/mol. The number of piperidine rings is 1. The molecule has 0 N–H and O–H groups in total. The first kappa shape index (κ1) is 21.6. The number of aryl methyl sites for hydroxylation is 1.